The van der Waals surface area contributed by atoms with Gasteiger partial charge in [0.05, 0.1) is 6.04 Å². The van der Waals surface area contributed by atoms with E-state index in [1.807, 2.05) is 14.0 Å². The van der Waals surface area contributed by atoms with Crippen molar-refractivity contribution in [1.29, 1.82) is 0 Å². The summed E-state index contributed by atoms with van der Waals surface area (Å²) in [4.78, 5) is 6.37. The fourth-order valence-corrected chi connectivity index (χ4v) is 4.52. The molecule has 2 heterocycles. The van der Waals surface area contributed by atoms with Crippen molar-refractivity contribution in [2.24, 2.45) is 0 Å². The number of pyridine rings is 1. The van der Waals surface area contributed by atoms with Crippen molar-refractivity contribution in [1.82, 2.24) is 14.2 Å². The van der Waals surface area contributed by atoms with E-state index in [1.165, 1.54) is 16.6 Å². The van der Waals surface area contributed by atoms with Crippen LogP contribution >= 0.6 is 0 Å². The lowest BCUT2D eigenvalue weighted by molar-refractivity contribution is 0.222. The van der Waals surface area contributed by atoms with Crippen LogP contribution in [0.15, 0.2) is 41.4 Å². The molecule has 1 aliphatic heterocycles. The number of nitrogens with one attached hydrogen (secondary N) is 1. The van der Waals surface area contributed by atoms with Crippen molar-refractivity contribution < 1.29 is 17.2 Å². The molecule has 6 nitrogen and oxygen atoms in total. The Kier molecular flexibility index (Phi) is 6.26. The summed E-state index contributed by atoms with van der Waals surface area (Å²) in [5, 5.41) is 3.04. The number of aromatic nitrogens is 1. The van der Waals surface area contributed by atoms with Gasteiger partial charge in [0, 0.05) is 37.9 Å². The third-order valence-corrected chi connectivity index (χ3v) is 6.78. The zero-order valence-corrected chi connectivity index (χ0v) is 16.7. The molecule has 0 amide bonds. The van der Waals surface area contributed by atoms with E-state index < -0.39 is 27.7 Å². The number of rotatable bonds is 6. The maximum atomic E-state index is 14.0. The molecule has 0 aliphatic carbocycles. The summed E-state index contributed by atoms with van der Waals surface area (Å²) in [5.74, 6) is -0.624. The van der Waals surface area contributed by atoms with E-state index in [-0.39, 0.29) is 10.5 Å². The average molecular weight is 410 g/mol. The van der Waals surface area contributed by atoms with Gasteiger partial charge in [0.2, 0.25) is 10.0 Å². The predicted molar refractivity (Wildman–Crippen MR) is 104 cm³/mol. The van der Waals surface area contributed by atoms with Gasteiger partial charge in [-0.1, -0.05) is 6.92 Å². The average Bonchev–Trinajstić information content (AvgIpc) is 2.69. The molecular weight excluding hydrogens is 386 g/mol. The molecule has 1 atom stereocenters. The quantitative estimate of drug-likeness (QED) is 0.793. The standard InChI is InChI=1S/C19H24F2N4O2S/c1-3-18(16-12-14(20)4-6-17(16)21)23-19-7-5-15(13-22-19)28(26,27)25-10-8-24(2)9-11-25/h4-7,12-13,18H,3,8-11H2,1-2H3,(H,22,23). The van der Waals surface area contributed by atoms with E-state index in [0.29, 0.717) is 38.4 Å². The topological polar surface area (TPSA) is 65.5 Å². The van der Waals surface area contributed by atoms with E-state index in [4.69, 9.17) is 0 Å². The monoisotopic (exact) mass is 410 g/mol. The van der Waals surface area contributed by atoms with Gasteiger partial charge >= 0.3 is 0 Å². The number of hydrogen-bond donors (Lipinski definition) is 1. The van der Waals surface area contributed by atoms with Crippen molar-refractivity contribution in [3.05, 3.63) is 53.7 Å². The lowest BCUT2D eigenvalue weighted by Crippen LogP contribution is -2.47. The van der Waals surface area contributed by atoms with Crippen molar-refractivity contribution in [3.63, 3.8) is 0 Å². The number of benzene rings is 1. The molecule has 152 valence electrons. The van der Waals surface area contributed by atoms with Crippen molar-refractivity contribution in [2.75, 3.05) is 38.5 Å². The summed E-state index contributed by atoms with van der Waals surface area (Å²) in [6.07, 6.45) is 1.80. The molecule has 1 aromatic heterocycles. The Hall–Kier alpha value is -2.10. The van der Waals surface area contributed by atoms with E-state index in [0.717, 1.165) is 18.2 Å². The Morgan fingerprint density at radius 3 is 2.46 bits per heavy atom. The van der Waals surface area contributed by atoms with Gasteiger partial charge in [-0.05, 0) is 43.8 Å². The van der Waals surface area contributed by atoms with Crippen LogP contribution in [0.4, 0.5) is 14.6 Å². The Morgan fingerprint density at radius 2 is 1.86 bits per heavy atom. The van der Waals surface area contributed by atoms with Crippen LogP contribution in [-0.2, 0) is 10.0 Å². The normalized spacial score (nSPS) is 17.4. The molecule has 1 N–H and O–H groups in total. The number of sulfonamides is 1. The van der Waals surface area contributed by atoms with Crippen LogP contribution in [0.3, 0.4) is 0 Å². The fourth-order valence-electron chi connectivity index (χ4n) is 3.16. The maximum Gasteiger partial charge on any atom is 0.244 e. The van der Waals surface area contributed by atoms with Crippen LogP contribution in [0.25, 0.3) is 0 Å². The van der Waals surface area contributed by atoms with Gasteiger partial charge in [0.15, 0.2) is 0 Å². The second-order valence-electron chi connectivity index (χ2n) is 6.86. The van der Waals surface area contributed by atoms with Crippen LogP contribution in [0.2, 0.25) is 0 Å². The van der Waals surface area contributed by atoms with Crippen LogP contribution in [0.1, 0.15) is 24.9 Å². The number of hydrogen-bond acceptors (Lipinski definition) is 5. The highest BCUT2D eigenvalue weighted by Gasteiger charge is 2.27. The zero-order chi connectivity index (χ0) is 20.3. The third-order valence-electron chi connectivity index (χ3n) is 4.90. The smallest absolute Gasteiger partial charge is 0.244 e. The maximum absolute atomic E-state index is 14.0. The molecule has 0 spiro atoms. The summed E-state index contributed by atoms with van der Waals surface area (Å²) in [6, 6.07) is 5.86. The highest BCUT2D eigenvalue weighted by atomic mass is 32.2. The first kappa shape index (κ1) is 20.6. The van der Waals surface area contributed by atoms with Gasteiger partial charge in [-0.25, -0.2) is 22.2 Å². The van der Waals surface area contributed by atoms with E-state index in [9.17, 15) is 17.2 Å². The SMILES string of the molecule is CCC(Nc1ccc(S(=O)(=O)N2CCN(C)CC2)cn1)c1cc(F)ccc1F. The lowest BCUT2D eigenvalue weighted by Gasteiger charge is -2.31. The Morgan fingerprint density at radius 1 is 1.14 bits per heavy atom. The van der Waals surface area contributed by atoms with Gasteiger partial charge in [-0.15, -0.1) is 0 Å². The van der Waals surface area contributed by atoms with Crippen LogP contribution in [0.5, 0.6) is 0 Å². The van der Waals surface area contributed by atoms with Crippen LogP contribution < -0.4 is 5.32 Å². The second-order valence-corrected chi connectivity index (χ2v) is 8.80. The molecule has 9 heteroatoms. The largest absolute Gasteiger partial charge is 0.363 e. The molecule has 1 aliphatic rings. The second kappa shape index (κ2) is 8.50. The number of anilines is 1. The molecule has 1 unspecified atom stereocenters. The minimum Gasteiger partial charge on any atom is -0.363 e. The number of piperazine rings is 1. The first-order chi connectivity index (χ1) is 13.3. The van der Waals surface area contributed by atoms with E-state index in [2.05, 4.69) is 15.2 Å². The summed E-state index contributed by atoms with van der Waals surface area (Å²) < 4.78 is 54.5. The highest BCUT2D eigenvalue weighted by molar-refractivity contribution is 7.89. The van der Waals surface area contributed by atoms with Gasteiger partial charge < -0.3 is 10.2 Å². The van der Waals surface area contributed by atoms with Gasteiger partial charge in [-0.2, -0.15) is 4.31 Å². The molecule has 0 radical (unpaired) electrons. The molecule has 0 saturated carbocycles. The number of likely N-dealkylation sites (N-methyl/N-ethyl adjacent to an activating group) is 1. The highest BCUT2D eigenvalue weighted by Crippen LogP contribution is 2.25. The Balaban J connectivity index is 1.75. The van der Waals surface area contributed by atoms with Crippen LogP contribution in [0, 0.1) is 11.6 Å². The van der Waals surface area contributed by atoms with Crippen molar-refractivity contribution in [2.45, 2.75) is 24.3 Å². The lowest BCUT2D eigenvalue weighted by atomic mass is 10.0. The predicted octanol–water partition coefficient (Wildman–Crippen LogP) is 2.86. The molecule has 1 fully saturated rings. The minimum atomic E-state index is -3.59. The molecule has 0 bridgehead atoms. The Labute approximate surface area is 164 Å². The summed E-state index contributed by atoms with van der Waals surface area (Å²) in [5.41, 5.74) is 0.207. The molecule has 1 aromatic carbocycles. The number of nitrogens with zero attached hydrogens (tertiary/aromatic N) is 3. The number of halogens is 2. The van der Waals surface area contributed by atoms with Gasteiger partial charge in [0.25, 0.3) is 0 Å². The first-order valence-corrected chi connectivity index (χ1v) is 10.6. The third kappa shape index (κ3) is 4.48. The van der Waals surface area contributed by atoms with E-state index >= 15 is 0 Å². The molecular formula is C19H24F2N4O2S. The molecule has 1 saturated heterocycles. The van der Waals surface area contributed by atoms with Gasteiger partial charge in [-0.3, -0.25) is 0 Å². The summed E-state index contributed by atoms with van der Waals surface area (Å²) in [7, 11) is -1.64. The summed E-state index contributed by atoms with van der Waals surface area (Å²) >= 11 is 0. The fraction of sp³-hybridized carbons (Fsp3) is 0.421. The van der Waals surface area contributed by atoms with Crippen molar-refractivity contribution in [3.8, 4) is 0 Å². The molecule has 28 heavy (non-hydrogen) atoms. The molecule has 2 aromatic rings. The minimum absolute atomic E-state index is 0.118. The Bertz CT molecular complexity index is 914. The van der Waals surface area contributed by atoms with Crippen LogP contribution in [-0.4, -0.2) is 55.8 Å². The van der Waals surface area contributed by atoms with E-state index in [1.54, 1.807) is 6.07 Å². The molecule has 3 rings (SSSR count). The first-order valence-electron chi connectivity index (χ1n) is 9.17. The van der Waals surface area contributed by atoms with Gasteiger partial charge in [0.1, 0.15) is 22.3 Å². The van der Waals surface area contributed by atoms with Crippen molar-refractivity contribution >= 4 is 15.8 Å². The summed E-state index contributed by atoms with van der Waals surface area (Å²) in [6.45, 7) is 4.09. The zero-order valence-electron chi connectivity index (χ0n) is 15.9.